The van der Waals surface area contributed by atoms with Gasteiger partial charge in [-0.05, 0) is 24.6 Å². The van der Waals surface area contributed by atoms with Gasteiger partial charge in [0, 0.05) is 24.4 Å². The SMILES string of the molecule is CCCNc1ccc(COc2ccc(F)c(F)c2)cn1. The first kappa shape index (κ1) is 14.2. The number of halogens is 2. The lowest BCUT2D eigenvalue weighted by molar-refractivity contribution is 0.303. The number of nitrogens with one attached hydrogen (secondary N) is 1. The van der Waals surface area contributed by atoms with Crippen LogP contribution in [-0.4, -0.2) is 11.5 Å². The quantitative estimate of drug-likeness (QED) is 0.873. The highest BCUT2D eigenvalue weighted by atomic mass is 19.2. The van der Waals surface area contributed by atoms with E-state index in [2.05, 4.69) is 17.2 Å². The number of rotatable bonds is 6. The Kier molecular flexibility index (Phi) is 4.87. The van der Waals surface area contributed by atoms with Crippen LogP contribution in [-0.2, 0) is 6.61 Å². The number of aromatic nitrogens is 1. The Hall–Kier alpha value is -2.17. The topological polar surface area (TPSA) is 34.1 Å². The Morgan fingerprint density at radius 2 is 2.00 bits per heavy atom. The maximum absolute atomic E-state index is 13.0. The first-order valence-corrected chi connectivity index (χ1v) is 6.45. The van der Waals surface area contributed by atoms with Crippen LogP contribution >= 0.6 is 0 Å². The van der Waals surface area contributed by atoms with Gasteiger partial charge < -0.3 is 10.1 Å². The Balaban J connectivity index is 1.91. The molecule has 0 aliphatic carbocycles. The Bertz CT molecular complexity index is 558. The van der Waals surface area contributed by atoms with Gasteiger partial charge in [-0.1, -0.05) is 13.0 Å². The molecule has 0 unspecified atom stereocenters. The third-order valence-electron chi connectivity index (χ3n) is 2.68. The van der Waals surface area contributed by atoms with Gasteiger partial charge in [0.05, 0.1) is 0 Å². The van der Waals surface area contributed by atoms with E-state index in [4.69, 9.17) is 4.74 Å². The first-order valence-electron chi connectivity index (χ1n) is 6.45. The van der Waals surface area contributed by atoms with E-state index in [1.54, 1.807) is 6.20 Å². The van der Waals surface area contributed by atoms with Gasteiger partial charge in [-0.25, -0.2) is 13.8 Å². The van der Waals surface area contributed by atoms with E-state index in [1.165, 1.54) is 6.07 Å². The molecule has 0 saturated heterocycles. The highest BCUT2D eigenvalue weighted by Crippen LogP contribution is 2.17. The molecule has 0 radical (unpaired) electrons. The molecular weight excluding hydrogens is 262 g/mol. The second-order valence-corrected chi connectivity index (χ2v) is 4.34. The lowest BCUT2D eigenvalue weighted by atomic mass is 10.3. The third-order valence-corrected chi connectivity index (χ3v) is 2.68. The number of hydrogen-bond donors (Lipinski definition) is 1. The van der Waals surface area contributed by atoms with Gasteiger partial charge in [0.2, 0.25) is 0 Å². The summed E-state index contributed by atoms with van der Waals surface area (Å²) in [6.45, 7) is 3.21. The maximum atomic E-state index is 13.0. The number of anilines is 1. The van der Waals surface area contributed by atoms with E-state index >= 15 is 0 Å². The van der Waals surface area contributed by atoms with Gasteiger partial charge in [-0.3, -0.25) is 0 Å². The third kappa shape index (κ3) is 3.91. The molecule has 0 spiro atoms. The van der Waals surface area contributed by atoms with Gasteiger partial charge in [0.25, 0.3) is 0 Å². The molecule has 0 amide bonds. The fourth-order valence-electron chi connectivity index (χ4n) is 1.60. The largest absolute Gasteiger partial charge is 0.489 e. The first-order chi connectivity index (χ1) is 9.69. The predicted octanol–water partition coefficient (Wildman–Crippen LogP) is 3.76. The van der Waals surface area contributed by atoms with Crippen LogP contribution < -0.4 is 10.1 Å². The van der Waals surface area contributed by atoms with Gasteiger partial charge >= 0.3 is 0 Å². The second-order valence-electron chi connectivity index (χ2n) is 4.34. The van der Waals surface area contributed by atoms with Crippen LogP contribution in [0.5, 0.6) is 5.75 Å². The van der Waals surface area contributed by atoms with Gasteiger partial charge in [0.15, 0.2) is 11.6 Å². The molecule has 0 saturated carbocycles. The van der Waals surface area contributed by atoms with Crippen molar-refractivity contribution in [2.24, 2.45) is 0 Å². The molecule has 0 fully saturated rings. The highest BCUT2D eigenvalue weighted by Gasteiger charge is 2.03. The van der Waals surface area contributed by atoms with Crippen LogP contribution in [0.4, 0.5) is 14.6 Å². The Morgan fingerprint density at radius 3 is 2.65 bits per heavy atom. The number of ether oxygens (including phenoxy) is 1. The molecule has 106 valence electrons. The van der Waals surface area contributed by atoms with Gasteiger partial charge in [0.1, 0.15) is 18.2 Å². The van der Waals surface area contributed by atoms with Gasteiger partial charge in [-0.15, -0.1) is 0 Å². The molecule has 2 aromatic rings. The molecule has 0 aliphatic rings. The summed E-state index contributed by atoms with van der Waals surface area (Å²) in [6, 6.07) is 7.20. The van der Waals surface area contributed by atoms with E-state index < -0.39 is 11.6 Å². The molecule has 3 nitrogen and oxygen atoms in total. The molecule has 1 N–H and O–H groups in total. The molecule has 20 heavy (non-hydrogen) atoms. The molecule has 0 bridgehead atoms. The lowest BCUT2D eigenvalue weighted by Gasteiger charge is -2.08. The van der Waals surface area contributed by atoms with Crippen LogP contribution in [0, 0.1) is 11.6 Å². The summed E-state index contributed by atoms with van der Waals surface area (Å²) in [5.41, 5.74) is 0.858. The average Bonchev–Trinajstić information content (AvgIpc) is 2.47. The predicted molar refractivity (Wildman–Crippen MR) is 73.7 cm³/mol. The standard InChI is InChI=1S/C15H16F2N2O/c1-2-7-18-15-6-3-11(9-19-15)10-20-12-4-5-13(16)14(17)8-12/h3-6,8-9H,2,7,10H2,1H3,(H,18,19). The fraction of sp³-hybridized carbons (Fsp3) is 0.267. The number of hydrogen-bond acceptors (Lipinski definition) is 3. The smallest absolute Gasteiger partial charge is 0.162 e. The van der Waals surface area contributed by atoms with Crippen molar-refractivity contribution in [3.8, 4) is 5.75 Å². The molecule has 5 heteroatoms. The summed E-state index contributed by atoms with van der Waals surface area (Å²) >= 11 is 0. The molecular formula is C15H16F2N2O. The summed E-state index contributed by atoms with van der Waals surface area (Å²) < 4.78 is 31.1. The minimum Gasteiger partial charge on any atom is -0.489 e. The zero-order valence-corrected chi connectivity index (χ0v) is 11.2. The summed E-state index contributed by atoms with van der Waals surface area (Å²) in [5, 5.41) is 3.17. The van der Waals surface area contributed by atoms with Crippen LogP contribution in [0.15, 0.2) is 36.5 Å². The van der Waals surface area contributed by atoms with Crippen molar-refractivity contribution in [1.82, 2.24) is 4.98 Å². The van der Waals surface area contributed by atoms with Crippen LogP contribution in [0.2, 0.25) is 0 Å². The molecule has 1 aromatic heterocycles. The van der Waals surface area contributed by atoms with Crippen molar-refractivity contribution in [2.45, 2.75) is 20.0 Å². The van der Waals surface area contributed by atoms with E-state index in [1.807, 2.05) is 12.1 Å². The van der Waals surface area contributed by atoms with Crippen LogP contribution in [0.1, 0.15) is 18.9 Å². The summed E-state index contributed by atoms with van der Waals surface area (Å²) in [5.74, 6) is -0.703. The van der Waals surface area contributed by atoms with Crippen molar-refractivity contribution in [2.75, 3.05) is 11.9 Å². The van der Waals surface area contributed by atoms with Crippen molar-refractivity contribution in [3.05, 3.63) is 53.7 Å². The molecule has 2 rings (SSSR count). The number of nitrogens with zero attached hydrogens (tertiary/aromatic N) is 1. The maximum Gasteiger partial charge on any atom is 0.162 e. The zero-order chi connectivity index (χ0) is 14.4. The zero-order valence-electron chi connectivity index (χ0n) is 11.2. The van der Waals surface area contributed by atoms with Crippen LogP contribution in [0.25, 0.3) is 0 Å². The summed E-state index contributed by atoms with van der Waals surface area (Å²) in [6.07, 6.45) is 2.72. The summed E-state index contributed by atoms with van der Waals surface area (Å²) in [4.78, 5) is 4.23. The van der Waals surface area contributed by atoms with E-state index in [0.717, 1.165) is 36.5 Å². The van der Waals surface area contributed by atoms with Crippen molar-refractivity contribution in [3.63, 3.8) is 0 Å². The molecule has 1 heterocycles. The molecule has 0 atom stereocenters. The molecule has 1 aromatic carbocycles. The Morgan fingerprint density at radius 1 is 1.15 bits per heavy atom. The number of pyridine rings is 1. The lowest BCUT2D eigenvalue weighted by Crippen LogP contribution is -2.03. The minimum absolute atomic E-state index is 0.256. The van der Waals surface area contributed by atoms with E-state index in [0.29, 0.717) is 0 Å². The normalized spacial score (nSPS) is 10.3. The highest BCUT2D eigenvalue weighted by molar-refractivity contribution is 5.35. The van der Waals surface area contributed by atoms with E-state index in [-0.39, 0.29) is 12.4 Å². The fourth-order valence-corrected chi connectivity index (χ4v) is 1.60. The monoisotopic (exact) mass is 278 g/mol. The van der Waals surface area contributed by atoms with Crippen LogP contribution in [0.3, 0.4) is 0 Å². The average molecular weight is 278 g/mol. The van der Waals surface area contributed by atoms with Gasteiger partial charge in [-0.2, -0.15) is 0 Å². The molecule has 0 aliphatic heterocycles. The second kappa shape index (κ2) is 6.84. The summed E-state index contributed by atoms with van der Waals surface area (Å²) in [7, 11) is 0. The minimum atomic E-state index is -0.917. The number of benzene rings is 1. The van der Waals surface area contributed by atoms with E-state index in [9.17, 15) is 8.78 Å². The van der Waals surface area contributed by atoms with Crippen molar-refractivity contribution in [1.29, 1.82) is 0 Å². The van der Waals surface area contributed by atoms with Crippen molar-refractivity contribution >= 4 is 5.82 Å². The Labute approximate surface area is 116 Å². The van der Waals surface area contributed by atoms with Crippen molar-refractivity contribution < 1.29 is 13.5 Å².